The van der Waals surface area contributed by atoms with E-state index in [1.807, 2.05) is 21.9 Å². The van der Waals surface area contributed by atoms with Crippen LogP contribution in [0.5, 0.6) is 0 Å². The molecule has 0 spiro atoms. The number of hydrogen-bond acceptors (Lipinski definition) is 7. The summed E-state index contributed by atoms with van der Waals surface area (Å²) < 4.78 is 5.01. The molecule has 0 radical (unpaired) electrons. The first-order valence-electron chi connectivity index (χ1n) is 9.44. The van der Waals surface area contributed by atoms with Crippen LogP contribution < -0.4 is 5.32 Å². The number of aromatic nitrogens is 2. The molecule has 0 saturated carbocycles. The summed E-state index contributed by atoms with van der Waals surface area (Å²) >= 11 is 5.96. The summed E-state index contributed by atoms with van der Waals surface area (Å²) in [5.41, 5.74) is 0.827. The quantitative estimate of drug-likeness (QED) is 0.689. The molecule has 8 nitrogen and oxygen atoms in total. The smallest absolute Gasteiger partial charge is 0.327 e. The maximum atomic E-state index is 12.5. The lowest BCUT2D eigenvalue weighted by atomic mass is 10.0. The van der Waals surface area contributed by atoms with Gasteiger partial charge in [-0.1, -0.05) is 23.7 Å². The van der Waals surface area contributed by atoms with Crippen molar-refractivity contribution in [2.75, 3.05) is 45.2 Å². The van der Waals surface area contributed by atoms with Crippen molar-refractivity contribution in [1.29, 1.82) is 0 Å². The van der Waals surface area contributed by atoms with Crippen LogP contribution in [-0.4, -0.2) is 71.5 Å². The minimum atomic E-state index is -0.508. The van der Waals surface area contributed by atoms with Crippen molar-refractivity contribution >= 4 is 29.4 Å². The molecule has 2 aromatic rings. The average molecular weight is 418 g/mol. The highest BCUT2D eigenvalue weighted by atomic mass is 35.5. The van der Waals surface area contributed by atoms with Gasteiger partial charge in [0.25, 0.3) is 0 Å². The second-order valence-electron chi connectivity index (χ2n) is 6.64. The molecule has 1 atom stereocenters. The van der Waals surface area contributed by atoms with E-state index in [4.69, 9.17) is 16.3 Å². The normalized spacial score (nSPS) is 15.6. The minimum absolute atomic E-state index is 0.0641. The lowest BCUT2D eigenvalue weighted by Crippen LogP contribution is -2.51. The van der Waals surface area contributed by atoms with Crippen molar-refractivity contribution in [3.8, 4) is 0 Å². The number of halogens is 1. The lowest BCUT2D eigenvalue weighted by Gasteiger charge is -2.38. The van der Waals surface area contributed by atoms with Gasteiger partial charge in [0, 0.05) is 56.6 Å². The van der Waals surface area contributed by atoms with Gasteiger partial charge in [0.05, 0.1) is 7.11 Å². The second kappa shape index (κ2) is 10.2. The molecule has 1 saturated heterocycles. The molecule has 29 heavy (non-hydrogen) atoms. The molecule has 1 N–H and O–H groups in total. The van der Waals surface area contributed by atoms with Crippen molar-refractivity contribution in [3.05, 3.63) is 53.3 Å². The molecule has 1 amide bonds. The topological polar surface area (TPSA) is 87.7 Å². The van der Waals surface area contributed by atoms with Crippen LogP contribution in [0.2, 0.25) is 5.02 Å². The molecule has 0 aliphatic carbocycles. The van der Waals surface area contributed by atoms with E-state index in [-0.39, 0.29) is 11.9 Å². The van der Waals surface area contributed by atoms with Gasteiger partial charge in [0.1, 0.15) is 6.04 Å². The number of methoxy groups -OCH3 is 1. The summed E-state index contributed by atoms with van der Waals surface area (Å²) in [6.45, 7) is 2.76. The van der Waals surface area contributed by atoms with E-state index in [1.165, 1.54) is 7.11 Å². The van der Waals surface area contributed by atoms with Crippen LogP contribution in [0, 0.1) is 0 Å². The van der Waals surface area contributed by atoms with E-state index >= 15 is 0 Å². The number of esters is 1. The zero-order valence-corrected chi connectivity index (χ0v) is 17.0. The zero-order chi connectivity index (χ0) is 20.6. The summed E-state index contributed by atoms with van der Waals surface area (Å²) in [6, 6.07) is 8.41. The van der Waals surface area contributed by atoms with Gasteiger partial charge < -0.3 is 15.0 Å². The molecule has 1 aromatic carbocycles. The number of hydrogen-bond donors (Lipinski definition) is 1. The Balaban J connectivity index is 1.53. The Bertz CT molecular complexity index is 811. The van der Waals surface area contributed by atoms with Crippen LogP contribution >= 0.6 is 11.6 Å². The van der Waals surface area contributed by atoms with E-state index in [2.05, 4.69) is 15.3 Å². The van der Waals surface area contributed by atoms with Gasteiger partial charge in [-0.05, 0) is 23.8 Å². The van der Waals surface area contributed by atoms with Gasteiger partial charge in [-0.25, -0.2) is 14.8 Å². The van der Waals surface area contributed by atoms with Gasteiger partial charge in [-0.3, -0.25) is 9.69 Å². The SMILES string of the molecule is COC(=O)C(c1ccc(Cl)cc1)N1CCN(C(=O)CCNc2ncccn2)CC1. The Hall–Kier alpha value is -2.71. The minimum Gasteiger partial charge on any atom is -0.468 e. The molecule has 1 fully saturated rings. The number of anilines is 1. The van der Waals surface area contributed by atoms with E-state index in [0.717, 1.165) is 5.56 Å². The Morgan fingerprint density at radius 3 is 2.41 bits per heavy atom. The highest BCUT2D eigenvalue weighted by molar-refractivity contribution is 6.30. The van der Waals surface area contributed by atoms with Crippen molar-refractivity contribution < 1.29 is 14.3 Å². The molecule has 0 bridgehead atoms. The van der Waals surface area contributed by atoms with Crippen LogP contribution in [-0.2, 0) is 14.3 Å². The fourth-order valence-electron chi connectivity index (χ4n) is 3.31. The highest BCUT2D eigenvalue weighted by Crippen LogP contribution is 2.25. The fraction of sp³-hybridized carbons (Fsp3) is 0.400. The van der Waals surface area contributed by atoms with Crippen LogP contribution in [0.4, 0.5) is 5.95 Å². The first-order valence-corrected chi connectivity index (χ1v) is 9.82. The van der Waals surface area contributed by atoms with Crippen molar-refractivity contribution in [2.24, 2.45) is 0 Å². The third kappa shape index (κ3) is 5.65. The van der Waals surface area contributed by atoms with Crippen LogP contribution in [0.25, 0.3) is 0 Å². The van der Waals surface area contributed by atoms with Gasteiger partial charge >= 0.3 is 5.97 Å². The number of carbonyl (C=O) groups excluding carboxylic acids is 2. The first-order chi connectivity index (χ1) is 14.1. The Morgan fingerprint density at radius 2 is 1.79 bits per heavy atom. The largest absolute Gasteiger partial charge is 0.468 e. The molecular weight excluding hydrogens is 394 g/mol. The predicted molar refractivity (Wildman–Crippen MR) is 110 cm³/mol. The molecule has 2 heterocycles. The number of nitrogens with zero attached hydrogens (tertiary/aromatic N) is 4. The number of piperazine rings is 1. The van der Waals surface area contributed by atoms with Crippen LogP contribution in [0.3, 0.4) is 0 Å². The molecule has 9 heteroatoms. The number of rotatable bonds is 7. The van der Waals surface area contributed by atoms with Crippen molar-refractivity contribution in [1.82, 2.24) is 19.8 Å². The first kappa shape index (κ1) is 21.0. The molecule has 154 valence electrons. The molecule has 1 aliphatic rings. The van der Waals surface area contributed by atoms with Gasteiger partial charge in [-0.15, -0.1) is 0 Å². The summed E-state index contributed by atoms with van der Waals surface area (Å²) in [7, 11) is 1.38. The number of benzene rings is 1. The van der Waals surface area contributed by atoms with E-state index in [9.17, 15) is 9.59 Å². The van der Waals surface area contributed by atoms with Gasteiger partial charge in [0.2, 0.25) is 11.9 Å². The van der Waals surface area contributed by atoms with E-state index < -0.39 is 6.04 Å². The van der Waals surface area contributed by atoms with Crippen LogP contribution in [0.1, 0.15) is 18.0 Å². The summed E-state index contributed by atoms with van der Waals surface area (Å²) in [5, 5.41) is 3.65. The molecule has 1 unspecified atom stereocenters. The summed E-state index contributed by atoms with van der Waals surface area (Å²) in [5.74, 6) is 0.252. The number of carbonyl (C=O) groups is 2. The van der Waals surface area contributed by atoms with Gasteiger partial charge in [-0.2, -0.15) is 0 Å². The van der Waals surface area contributed by atoms with Crippen molar-refractivity contribution in [3.63, 3.8) is 0 Å². The number of nitrogens with one attached hydrogen (secondary N) is 1. The molecule has 1 aliphatic heterocycles. The van der Waals surface area contributed by atoms with Gasteiger partial charge in [0.15, 0.2) is 0 Å². The monoisotopic (exact) mass is 417 g/mol. The average Bonchev–Trinajstić information content (AvgIpc) is 2.76. The van der Waals surface area contributed by atoms with Crippen LogP contribution in [0.15, 0.2) is 42.7 Å². The lowest BCUT2D eigenvalue weighted by molar-refractivity contribution is -0.148. The maximum absolute atomic E-state index is 12.5. The number of ether oxygens (including phenoxy) is 1. The Kier molecular flexibility index (Phi) is 7.37. The summed E-state index contributed by atoms with van der Waals surface area (Å²) in [4.78, 5) is 36.9. The zero-order valence-electron chi connectivity index (χ0n) is 16.3. The third-order valence-electron chi connectivity index (χ3n) is 4.83. The van der Waals surface area contributed by atoms with E-state index in [0.29, 0.717) is 50.1 Å². The predicted octanol–water partition coefficient (Wildman–Crippen LogP) is 1.99. The third-order valence-corrected chi connectivity index (χ3v) is 5.08. The summed E-state index contributed by atoms with van der Waals surface area (Å²) in [6.07, 6.45) is 3.65. The Labute approximate surface area is 174 Å². The maximum Gasteiger partial charge on any atom is 0.327 e. The second-order valence-corrected chi connectivity index (χ2v) is 7.08. The highest BCUT2D eigenvalue weighted by Gasteiger charge is 2.32. The molecular formula is C20H24ClN5O3. The standard InChI is InChI=1S/C20H24ClN5O3/c1-29-19(28)18(15-3-5-16(21)6-4-15)26-13-11-25(12-14-26)17(27)7-10-24-20-22-8-2-9-23-20/h2-6,8-9,18H,7,10-14H2,1H3,(H,22,23,24). The molecule has 1 aromatic heterocycles. The van der Waals surface area contributed by atoms with E-state index in [1.54, 1.807) is 30.6 Å². The molecule has 3 rings (SSSR count). The fourth-order valence-corrected chi connectivity index (χ4v) is 3.44. The Morgan fingerprint density at radius 1 is 1.14 bits per heavy atom. The van der Waals surface area contributed by atoms with Crippen molar-refractivity contribution in [2.45, 2.75) is 12.5 Å². The number of amides is 1.